The van der Waals surface area contributed by atoms with E-state index >= 15 is 0 Å². The first-order valence-corrected chi connectivity index (χ1v) is 10.0. The topological polar surface area (TPSA) is 30.7 Å². The van der Waals surface area contributed by atoms with Crippen LogP contribution in [-0.2, 0) is 0 Å². The Labute approximate surface area is 165 Å². The lowest BCUT2D eigenvalue weighted by Crippen LogP contribution is -1.97. The van der Waals surface area contributed by atoms with Gasteiger partial charge in [0.05, 0.1) is 11.0 Å². The van der Waals surface area contributed by atoms with Gasteiger partial charge in [0.1, 0.15) is 5.82 Å². The van der Waals surface area contributed by atoms with Gasteiger partial charge in [-0.3, -0.25) is 9.55 Å². The number of para-hydroxylation sites is 1. The van der Waals surface area contributed by atoms with Gasteiger partial charge >= 0.3 is 0 Å². The third-order valence-corrected chi connectivity index (χ3v) is 6.14. The second-order valence-electron chi connectivity index (χ2n) is 6.79. The molecule has 4 heteroatoms. The van der Waals surface area contributed by atoms with Gasteiger partial charge in [0, 0.05) is 45.0 Å². The summed E-state index contributed by atoms with van der Waals surface area (Å²) in [6, 6.07) is 23.5. The average molecular weight is 377 g/mol. The van der Waals surface area contributed by atoms with E-state index in [-0.39, 0.29) is 0 Å². The van der Waals surface area contributed by atoms with Crippen LogP contribution >= 0.6 is 11.3 Å². The summed E-state index contributed by atoms with van der Waals surface area (Å²) >= 11 is 1.79. The Balaban J connectivity index is 1.63. The molecule has 0 unspecified atom stereocenters. The van der Waals surface area contributed by atoms with Crippen molar-refractivity contribution in [1.29, 1.82) is 0 Å². The van der Waals surface area contributed by atoms with E-state index in [1.807, 2.05) is 30.7 Å². The van der Waals surface area contributed by atoms with Crippen molar-refractivity contribution >= 4 is 43.2 Å². The van der Waals surface area contributed by atoms with E-state index in [1.54, 1.807) is 11.3 Å². The van der Waals surface area contributed by atoms with E-state index in [0.717, 1.165) is 16.9 Å². The Morgan fingerprint density at radius 1 is 0.714 bits per heavy atom. The molecule has 4 heterocycles. The molecule has 3 nitrogen and oxygen atoms in total. The monoisotopic (exact) mass is 377 g/mol. The van der Waals surface area contributed by atoms with Gasteiger partial charge in [0.25, 0.3) is 0 Å². The highest BCUT2D eigenvalue weighted by Crippen LogP contribution is 2.38. The predicted molar refractivity (Wildman–Crippen MR) is 117 cm³/mol. The first-order chi connectivity index (χ1) is 13.9. The van der Waals surface area contributed by atoms with E-state index in [0.29, 0.717) is 0 Å². The second kappa shape index (κ2) is 6.01. The van der Waals surface area contributed by atoms with Crippen molar-refractivity contribution in [2.75, 3.05) is 0 Å². The highest BCUT2D eigenvalue weighted by molar-refractivity contribution is 7.17. The molecule has 0 aliphatic rings. The van der Waals surface area contributed by atoms with E-state index in [2.05, 4.69) is 69.5 Å². The molecule has 6 rings (SSSR count). The average Bonchev–Trinajstić information content (AvgIpc) is 3.36. The highest BCUT2D eigenvalue weighted by atomic mass is 32.1. The van der Waals surface area contributed by atoms with Crippen LogP contribution < -0.4 is 0 Å². The molecule has 2 aromatic carbocycles. The van der Waals surface area contributed by atoms with Crippen molar-refractivity contribution in [2.24, 2.45) is 0 Å². The fourth-order valence-electron chi connectivity index (χ4n) is 3.99. The van der Waals surface area contributed by atoms with Crippen LogP contribution in [0.15, 0.2) is 90.7 Å². The molecule has 0 saturated carbocycles. The van der Waals surface area contributed by atoms with Crippen LogP contribution in [0.5, 0.6) is 0 Å². The Morgan fingerprint density at radius 2 is 1.61 bits per heavy atom. The molecule has 0 amide bonds. The molecule has 0 fully saturated rings. The molecule has 0 bridgehead atoms. The minimum absolute atomic E-state index is 0.929. The van der Waals surface area contributed by atoms with Crippen LogP contribution in [0.3, 0.4) is 0 Å². The van der Waals surface area contributed by atoms with Crippen LogP contribution in [0.1, 0.15) is 0 Å². The van der Waals surface area contributed by atoms with Crippen molar-refractivity contribution in [3.05, 3.63) is 90.7 Å². The van der Waals surface area contributed by atoms with Gasteiger partial charge in [0.2, 0.25) is 0 Å². The van der Waals surface area contributed by atoms with Crippen molar-refractivity contribution in [3.8, 4) is 16.9 Å². The van der Waals surface area contributed by atoms with E-state index in [9.17, 15) is 0 Å². The van der Waals surface area contributed by atoms with Crippen molar-refractivity contribution in [2.45, 2.75) is 0 Å². The van der Waals surface area contributed by atoms with Crippen LogP contribution in [0.25, 0.3) is 48.8 Å². The summed E-state index contributed by atoms with van der Waals surface area (Å²) in [5.41, 5.74) is 4.58. The number of nitrogens with zero attached hydrogens (tertiary/aromatic N) is 3. The Hall–Kier alpha value is -3.50. The fraction of sp³-hybridized carbons (Fsp3) is 0. The van der Waals surface area contributed by atoms with Gasteiger partial charge in [-0.2, -0.15) is 0 Å². The maximum absolute atomic E-state index is 4.81. The zero-order valence-corrected chi connectivity index (χ0v) is 15.7. The zero-order valence-electron chi connectivity index (χ0n) is 14.9. The van der Waals surface area contributed by atoms with Gasteiger partial charge in [0.15, 0.2) is 0 Å². The summed E-state index contributed by atoms with van der Waals surface area (Å²) in [4.78, 5) is 8.90. The van der Waals surface area contributed by atoms with Crippen LogP contribution in [0.2, 0.25) is 0 Å². The van der Waals surface area contributed by atoms with Gasteiger partial charge in [-0.05, 0) is 59.5 Å². The summed E-state index contributed by atoms with van der Waals surface area (Å²) in [5.74, 6) is 0.929. The first-order valence-electron chi connectivity index (χ1n) is 9.16. The van der Waals surface area contributed by atoms with Gasteiger partial charge in [-0.1, -0.05) is 18.2 Å². The molecular formula is C24H15N3S. The lowest BCUT2D eigenvalue weighted by molar-refractivity contribution is 1.08. The molecule has 28 heavy (non-hydrogen) atoms. The van der Waals surface area contributed by atoms with Crippen molar-refractivity contribution in [1.82, 2.24) is 14.5 Å². The molecule has 0 saturated heterocycles. The number of benzene rings is 2. The maximum atomic E-state index is 4.81. The Bertz CT molecular complexity index is 1440. The number of rotatable bonds is 2. The number of thiophene rings is 1. The Morgan fingerprint density at radius 3 is 2.46 bits per heavy atom. The standard InChI is InChI=1S/C24H15N3S/c1-2-4-20-18(3-1)24-19-11-14-28-22(19)7-6-21(24)27(20)23-8-5-17(15-26-23)16-9-12-25-13-10-16/h1-15H. The van der Waals surface area contributed by atoms with E-state index in [1.165, 1.54) is 31.9 Å². The third-order valence-electron chi connectivity index (χ3n) is 5.26. The van der Waals surface area contributed by atoms with Crippen molar-refractivity contribution in [3.63, 3.8) is 0 Å². The summed E-state index contributed by atoms with van der Waals surface area (Å²) < 4.78 is 3.58. The molecule has 0 atom stereocenters. The highest BCUT2D eigenvalue weighted by Gasteiger charge is 2.15. The third kappa shape index (κ3) is 2.22. The molecule has 0 radical (unpaired) electrons. The normalized spacial score (nSPS) is 11.6. The lowest BCUT2D eigenvalue weighted by atomic mass is 10.1. The van der Waals surface area contributed by atoms with E-state index < -0.39 is 0 Å². The summed E-state index contributed by atoms with van der Waals surface area (Å²) in [6.07, 6.45) is 5.55. The molecule has 0 aliphatic heterocycles. The molecule has 0 spiro atoms. The minimum Gasteiger partial charge on any atom is -0.294 e. The Kier molecular flexibility index (Phi) is 3.34. The van der Waals surface area contributed by atoms with Crippen LogP contribution in [0, 0.1) is 0 Å². The van der Waals surface area contributed by atoms with Crippen molar-refractivity contribution < 1.29 is 0 Å². The number of hydrogen-bond donors (Lipinski definition) is 0. The van der Waals surface area contributed by atoms with Gasteiger partial charge in [-0.25, -0.2) is 4.98 Å². The predicted octanol–water partition coefficient (Wildman–Crippen LogP) is 6.46. The lowest BCUT2D eigenvalue weighted by Gasteiger charge is -2.08. The summed E-state index contributed by atoms with van der Waals surface area (Å²) in [7, 11) is 0. The van der Waals surface area contributed by atoms with Crippen LogP contribution in [0.4, 0.5) is 0 Å². The molecule has 0 N–H and O–H groups in total. The molecule has 6 aromatic rings. The summed E-state index contributed by atoms with van der Waals surface area (Å²) in [6.45, 7) is 0. The first kappa shape index (κ1) is 15.5. The zero-order chi connectivity index (χ0) is 18.5. The van der Waals surface area contributed by atoms with Gasteiger partial charge in [-0.15, -0.1) is 11.3 Å². The number of hydrogen-bond acceptors (Lipinski definition) is 3. The molecule has 0 aliphatic carbocycles. The number of pyridine rings is 2. The summed E-state index contributed by atoms with van der Waals surface area (Å²) in [5, 5.41) is 6.04. The second-order valence-corrected chi connectivity index (χ2v) is 7.73. The molecule has 4 aromatic heterocycles. The number of aromatic nitrogens is 3. The molecule has 132 valence electrons. The molecular weight excluding hydrogens is 362 g/mol. The smallest absolute Gasteiger partial charge is 0.137 e. The SMILES string of the molecule is c1ccc2c(c1)c1c3ccsc3ccc1n2-c1ccc(-c2ccncc2)cn1. The maximum Gasteiger partial charge on any atom is 0.137 e. The quantitative estimate of drug-likeness (QED) is 0.347. The van der Waals surface area contributed by atoms with Crippen LogP contribution in [-0.4, -0.2) is 14.5 Å². The number of fused-ring (bicyclic) bond motifs is 5. The largest absolute Gasteiger partial charge is 0.294 e. The van der Waals surface area contributed by atoms with E-state index in [4.69, 9.17) is 4.98 Å². The fourth-order valence-corrected chi connectivity index (χ4v) is 4.79. The van der Waals surface area contributed by atoms with Gasteiger partial charge < -0.3 is 0 Å². The minimum atomic E-state index is 0.929.